The Morgan fingerprint density at radius 2 is 2.42 bits per heavy atom. The molecule has 1 heterocycles. The van der Waals surface area contributed by atoms with Gasteiger partial charge < -0.3 is 0 Å². The molecule has 0 aromatic heterocycles. The summed E-state index contributed by atoms with van der Waals surface area (Å²) in [4.78, 5) is 4.43. The van der Waals surface area contributed by atoms with Crippen molar-refractivity contribution in [1.29, 1.82) is 0 Å². The summed E-state index contributed by atoms with van der Waals surface area (Å²) in [5.74, 6) is 0.685. The first-order chi connectivity index (χ1) is 5.83. The molecule has 1 nitrogen and oxygen atoms in total. The van der Waals surface area contributed by atoms with E-state index in [2.05, 4.69) is 37.2 Å². The summed E-state index contributed by atoms with van der Waals surface area (Å²) in [5.41, 5.74) is 3.07. The largest absolute Gasteiger partial charge is 0.289 e. The number of hydrogen-bond acceptors (Lipinski definition) is 1. The topological polar surface area (TPSA) is 12.4 Å². The number of aliphatic imine (C=N–C) groups is 1. The van der Waals surface area contributed by atoms with Gasteiger partial charge in [-0.1, -0.05) is 24.6 Å². The lowest BCUT2D eigenvalue weighted by molar-refractivity contribution is 0.591. The van der Waals surface area contributed by atoms with Gasteiger partial charge in [-0.05, 0) is 25.3 Å². The zero-order valence-electron chi connectivity index (χ0n) is 7.75. The van der Waals surface area contributed by atoms with Gasteiger partial charge in [0, 0.05) is 12.1 Å². The molecule has 1 aliphatic heterocycles. The maximum absolute atomic E-state index is 4.43. The van der Waals surface area contributed by atoms with Crippen LogP contribution in [0.1, 0.15) is 26.7 Å². The van der Waals surface area contributed by atoms with Crippen LogP contribution >= 0.6 is 0 Å². The quantitative estimate of drug-likeness (QED) is 0.560. The van der Waals surface area contributed by atoms with E-state index in [1.165, 1.54) is 5.57 Å². The van der Waals surface area contributed by atoms with Gasteiger partial charge in [-0.15, -0.1) is 0 Å². The third kappa shape index (κ3) is 1.04. The normalized spacial score (nSPS) is 32.8. The molecular weight excluding hydrogens is 146 g/mol. The van der Waals surface area contributed by atoms with Crippen LogP contribution in [0.4, 0.5) is 0 Å². The number of fused-ring (bicyclic) bond motifs is 1. The number of rotatable bonds is 1. The molecule has 2 rings (SSSR count). The molecule has 0 amide bonds. The number of hydrogen-bond donors (Lipinski definition) is 0. The first-order valence-electron chi connectivity index (χ1n) is 4.72. The molecule has 2 atom stereocenters. The molecule has 1 heteroatoms. The Labute approximate surface area is 73.9 Å². The molecule has 0 aromatic rings. The van der Waals surface area contributed by atoms with Gasteiger partial charge in [-0.3, -0.25) is 4.99 Å². The monoisotopic (exact) mass is 161 g/mol. The van der Waals surface area contributed by atoms with E-state index in [0.29, 0.717) is 12.0 Å². The van der Waals surface area contributed by atoms with Crippen LogP contribution < -0.4 is 0 Å². The number of allylic oxidation sites excluding steroid dienone is 2. The van der Waals surface area contributed by atoms with Gasteiger partial charge in [0.1, 0.15) is 0 Å². The third-order valence-corrected chi connectivity index (χ3v) is 2.99. The maximum Gasteiger partial charge on any atom is 0.0747 e. The summed E-state index contributed by atoms with van der Waals surface area (Å²) < 4.78 is 0. The molecule has 0 fully saturated rings. The fourth-order valence-corrected chi connectivity index (χ4v) is 2.14. The van der Waals surface area contributed by atoms with Gasteiger partial charge in [-0.2, -0.15) is 0 Å². The fraction of sp³-hybridized carbons (Fsp3) is 0.545. The molecule has 0 aromatic carbocycles. The average molecular weight is 161 g/mol. The molecule has 0 radical (unpaired) electrons. The van der Waals surface area contributed by atoms with Gasteiger partial charge in [0.15, 0.2) is 0 Å². The van der Waals surface area contributed by atoms with E-state index in [1.807, 2.05) is 0 Å². The van der Waals surface area contributed by atoms with Crippen molar-refractivity contribution in [1.82, 2.24) is 0 Å². The highest BCUT2D eigenvalue weighted by molar-refractivity contribution is 5.63. The van der Waals surface area contributed by atoms with E-state index in [1.54, 1.807) is 5.57 Å². The second-order valence-electron chi connectivity index (χ2n) is 3.59. The molecule has 2 unspecified atom stereocenters. The minimum atomic E-state index is 0.459. The molecule has 0 N–H and O–H groups in total. The lowest BCUT2D eigenvalue weighted by atomic mass is 9.84. The third-order valence-electron chi connectivity index (χ3n) is 2.99. The summed E-state index contributed by atoms with van der Waals surface area (Å²) in [5, 5.41) is 0. The van der Waals surface area contributed by atoms with E-state index in [9.17, 15) is 0 Å². The Kier molecular flexibility index (Phi) is 1.87. The standard InChI is InChI=1S/C11H15N/c1-3-9-4-5-11-10(8(9)2)6-7-12-11/h4-5,7,10-11H,3,6H2,1-2H3. The van der Waals surface area contributed by atoms with Crippen molar-refractivity contribution in [2.45, 2.75) is 32.7 Å². The molecule has 0 spiro atoms. The first-order valence-corrected chi connectivity index (χ1v) is 4.72. The van der Waals surface area contributed by atoms with Gasteiger partial charge in [0.2, 0.25) is 0 Å². The van der Waals surface area contributed by atoms with Crippen molar-refractivity contribution in [2.24, 2.45) is 10.9 Å². The Hall–Kier alpha value is -0.850. The zero-order chi connectivity index (χ0) is 8.55. The average Bonchev–Trinajstić information content (AvgIpc) is 2.53. The minimum absolute atomic E-state index is 0.459. The molecule has 0 bridgehead atoms. The van der Waals surface area contributed by atoms with Crippen LogP contribution in [-0.2, 0) is 0 Å². The summed E-state index contributed by atoms with van der Waals surface area (Å²) in [6.45, 7) is 4.48. The Bertz CT molecular complexity index is 271. The van der Waals surface area contributed by atoms with Crippen molar-refractivity contribution in [2.75, 3.05) is 0 Å². The molecule has 12 heavy (non-hydrogen) atoms. The van der Waals surface area contributed by atoms with E-state index in [-0.39, 0.29) is 0 Å². The summed E-state index contributed by atoms with van der Waals surface area (Å²) in [6, 6.07) is 0.459. The lowest BCUT2D eigenvalue weighted by Crippen LogP contribution is -2.17. The summed E-state index contributed by atoms with van der Waals surface area (Å²) in [6.07, 6.45) is 8.87. The van der Waals surface area contributed by atoms with Gasteiger partial charge in [0.05, 0.1) is 6.04 Å². The summed E-state index contributed by atoms with van der Waals surface area (Å²) in [7, 11) is 0. The molecule has 1 aliphatic carbocycles. The second kappa shape index (κ2) is 2.89. The fourth-order valence-electron chi connectivity index (χ4n) is 2.14. The van der Waals surface area contributed by atoms with Gasteiger partial charge in [0.25, 0.3) is 0 Å². The van der Waals surface area contributed by atoms with Crippen LogP contribution in [0.5, 0.6) is 0 Å². The predicted molar refractivity (Wildman–Crippen MR) is 52.5 cm³/mol. The zero-order valence-corrected chi connectivity index (χ0v) is 7.75. The van der Waals surface area contributed by atoms with Crippen molar-refractivity contribution >= 4 is 6.21 Å². The smallest absolute Gasteiger partial charge is 0.0747 e. The van der Waals surface area contributed by atoms with Crippen molar-refractivity contribution < 1.29 is 0 Å². The summed E-state index contributed by atoms with van der Waals surface area (Å²) >= 11 is 0. The highest BCUT2D eigenvalue weighted by atomic mass is 14.8. The van der Waals surface area contributed by atoms with Crippen LogP contribution in [0, 0.1) is 5.92 Å². The Morgan fingerprint density at radius 1 is 1.58 bits per heavy atom. The Balaban J connectivity index is 2.30. The van der Waals surface area contributed by atoms with Crippen molar-refractivity contribution in [3.8, 4) is 0 Å². The Morgan fingerprint density at radius 3 is 3.17 bits per heavy atom. The highest BCUT2D eigenvalue weighted by Crippen LogP contribution is 2.33. The number of nitrogens with zero attached hydrogens (tertiary/aromatic N) is 1. The second-order valence-corrected chi connectivity index (χ2v) is 3.59. The van der Waals surface area contributed by atoms with Crippen LogP contribution in [0.3, 0.4) is 0 Å². The van der Waals surface area contributed by atoms with Crippen molar-refractivity contribution in [3.63, 3.8) is 0 Å². The molecule has 0 saturated carbocycles. The highest BCUT2D eigenvalue weighted by Gasteiger charge is 2.26. The molecule has 0 saturated heterocycles. The molecular formula is C11H15N. The van der Waals surface area contributed by atoms with E-state index in [0.717, 1.165) is 12.8 Å². The van der Waals surface area contributed by atoms with Crippen LogP contribution in [0.2, 0.25) is 0 Å². The minimum Gasteiger partial charge on any atom is -0.289 e. The first kappa shape index (κ1) is 7.78. The van der Waals surface area contributed by atoms with E-state index >= 15 is 0 Å². The lowest BCUT2D eigenvalue weighted by Gasteiger charge is -2.22. The van der Waals surface area contributed by atoms with E-state index in [4.69, 9.17) is 0 Å². The van der Waals surface area contributed by atoms with Gasteiger partial charge in [-0.25, -0.2) is 0 Å². The van der Waals surface area contributed by atoms with Gasteiger partial charge >= 0.3 is 0 Å². The van der Waals surface area contributed by atoms with Crippen molar-refractivity contribution in [3.05, 3.63) is 23.3 Å². The molecule has 2 aliphatic rings. The van der Waals surface area contributed by atoms with Crippen LogP contribution in [0.25, 0.3) is 0 Å². The maximum atomic E-state index is 4.43. The SMILES string of the molecule is CCC1=C(C)C2CC=NC2C=C1. The van der Waals surface area contributed by atoms with Crippen LogP contribution in [-0.4, -0.2) is 12.3 Å². The van der Waals surface area contributed by atoms with E-state index < -0.39 is 0 Å². The molecule has 64 valence electrons. The predicted octanol–water partition coefficient (Wildman–Crippen LogP) is 2.74. The van der Waals surface area contributed by atoms with Crippen LogP contribution in [0.15, 0.2) is 28.3 Å².